The van der Waals surface area contributed by atoms with E-state index in [0.717, 1.165) is 0 Å². The predicted molar refractivity (Wildman–Crippen MR) is 109 cm³/mol. The van der Waals surface area contributed by atoms with E-state index in [2.05, 4.69) is 100 Å². The van der Waals surface area contributed by atoms with Gasteiger partial charge in [-0.15, -0.1) is 0 Å². The van der Waals surface area contributed by atoms with Crippen LogP contribution in [0.1, 0.15) is 36.1 Å². The molecule has 0 heterocycles. The molecule has 0 unspecified atom stereocenters. The van der Waals surface area contributed by atoms with Crippen molar-refractivity contribution in [3.63, 3.8) is 0 Å². The van der Waals surface area contributed by atoms with Gasteiger partial charge in [0.25, 0.3) is 0 Å². The van der Waals surface area contributed by atoms with Gasteiger partial charge in [-0.1, -0.05) is 86.6 Å². The fourth-order valence-corrected chi connectivity index (χ4v) is 4.55. The van der Waals surface area contributed by atoms with Crippen molar-refractivity contribution in [1.82, 2.24) is 0 Å². The van der Waals surface area contributed by atoms with Crippen LogP contribution in [0.3, 0.4) is 0 Å². The van der Waals surface area contributed by atoms with Gasteiger partial charge in [0.2, 0.25) is 0 Å². The highest BCUT2D eigenvalue weighted by Gasteiger charge is 2.29. The van der Waals surface area contributed by atoms with Gasteiger partial charge in [0.15, 0.2) is 0 Å². The van der Waals surface area contributed by atoms with Crippen LogP contribution in [0.5, 0.6) is 0 Å². The number of hydrogen-bond acceptors (Lipinski definition) is 0. The van der Waals surface area contributed by atoms with Gasteiger partial charge in [0.05, 0.1) is 0 Å². The molecule has 0 aliphatic heterocycles. The highest BCUT2D eigenvalue weighted by Crippen LogP contribution is 2.42. The first-order chi connectivity index (χ1) is 12.0. The Kier molecular flexibility index (Phi) is 3.65. The van der Waals surface area contributed by atoms with Crippen LogP contribution in [0.15, 0.2) is 72.8 Å². The van der Waals surface area contributed by atoms with E-state index in [-0.39, 0.29) is 5.41 Å². The highest BCUT2D eigenvalue weighted by molar-refractivity contribution is 5.92. The molecule has 25 heavy (non-hydrogen) atoms. The molecule has 0 saturated carbocycles. The summed E-state index contributed by atoms with van der Waals surface area (Å²) in [6.45, 7) is 9.22. The summed E-state index contributed by atoms with van der Waals surface area (Å²) in [5.74, 6) is 0. The van der Waals surface area contributed by atoms with Crippen molar-refractivity contribution in [1.29, 1.82) is 0 Å². The van der Waals surface area contributed by atoms with E-state index in [9.17, 15) is 0 Å². The first kappa shape index (κ1) is 15.9. The number of benzene rings is 4. The summed E-state index contributed by atoms with van der Waals surface area (Å²) in [7, 11) is 0. The molecule has 0 saturated heterocycles. The highest BCUT2D eigenvalue weighted by atomic mass is 14.3. The molecule has 0 aliphatic rings. The molecule has 0 aromatic heterocycles. The lowest BCUT2D eigenvalue weighted by Crippen LogP contribution is -2.22. The van der Waals surface area contributed by atoms with Crippen LogP contribution in [0.25, 0.3) is 21.5 Å². The van der Waals surface area contributed by atoms with Crippen molar-refractivity contribution in [2.75, 3.05) is 0 Å². The molecule has 0 aliphatic carbocycles. The summed E-state index contributed by atoms with van der Waals surface area (Å²) >= 11 is 0. The maximum atomic E-state index is 2.37. The van der Waals surface area contributed by atoms with Gasteiger partial charge in [-0.25, -0.2) is 0 Å². The minimum absolute atomic E-state index is 0.0735. The molecular formula is C25H24. The largest absolute Gasteiger partial charge is 0.0616 e. The minimum atomic E-state index is -0.0735. The Balaban J connectivity index is 2.11. The van der Waals surface area contributed by atoms with Crippen molar-refractivity contribution < 1.29 is 0 Å². The van der Waals surface area contributed by atoms with Gasteiger partial charge in [-0.05, 0) is 57.6 Å². The Bertz CT molecular complexity index is 996. The second-order valence-corrected chi connectivity index (χ2v) is 7.58. The summed E-state index contributed by atoms with van der Waals surface area (Å²) in [6, 6.07) is 26.5. The molecule has 0 bridgehead atoms. The van der Waals surface area contributed by atoms with Crippen LogP contribution in [0.2, 0.25) is 0 Å². The maximum Gasteiger partial charge on any atom is 0.0164 e. The fraction of sp³-hybridized carbons (Fsp3) is 0.200. The van der Waals surface area contributed by atoms with E-state index < -0.39 is 0 Å². The van der Waals surface area contributed by atoms with Crippen LogP contribution in [-0.2, 0) is 5.41 Å². The van der Waals surface area contributed by atoms with Gasteiger partial charge in [-0.2, -0.15) is 0 Å². The molecule has 0 radical (unpaired) electrons. The zero-order valence-corrected chi connectivity index (χ0v) is 15.4. The maximum absolute atomic E-state index is 2.37. The average molecular weight is 324 g/mol. The van der Waals surface area contributed by atoms with E-state index in [1.807, 2.05) is 0 Å². The molecule has 0 nitrogen and oxygen atoms in total. The topological polar surface area (TPSA) is 0 Å². The van der Waals surface area contributed by atoms with E-state index in [0.29, 0.717) is 0 Å². The minimum Gasteiger partial charge on any atom is -0.0616 e. The van der Waals surface area contributed by atoms with Crippen molar-refractivity contribution in [3.05, 3.63) is 95.1 Å². The molecule has 4 rings (SSSR count). The third-order valence-corrected chi connectivity index (χ3v) is 5.52. The van der Waals surface area contributed by atoms with Crippen LogP contribution in [-0.4, -0.2) is 0 Å². The molecule has 0 amide bonds. The Labute approximate surface area is 150 Å². The van der Waals surface area contributed by atoms with Gasteiger partial charge < -0.3 is 0 Å². The Morgan fingerprint density at radius 1 is 0.520 bits per heavy atom. The van der Waals surface area contributed by atoms with E-state index in [4.69, 9.17) is 0 Å². The first-order valence-corrected chi connectivity index (χ1v) is 8.98. The molecule has 0 atom stereocenters. The second kappa shape index (κ2) is 5.74. The zero-order valence-electron chi connectivity index (χ0n) is 15.4. The lowest BCUT2D eigenvalue weighted by molar-refractivity contribution is 0.644. The molecule has 0 spiro atoms. The summed E-state index contributed by atoms with van der Waals surface area (Å²) in [4.78, 5) is 0. The Morgan fingerprint density at radius 3 is 1.36 bits per heavy atom. The molecule has 4 aromatic carbocycles. The molecule has 0 fully saturated rings. The third kappa shape index (κ3) is 2.44. The first-order valence-electron chi connectivity index (χ1n) is 8.98. The predicted octanol–water partition coefficient (Wildman–Crippen LogP) is 6.94. The second-order valence-electron chi connectivity index (χ2n) is 7.58. The lowest BCUT2D eigenvalue weighted by Gasteiger charge is -2.32. The van der Waals surface area contributed by atoms with Crippen molar-refractivity contribution >= 4 is 21.5 Å². The van der Waals surface area contributed by atoms with Gasteiger partial charge in [0.1, 0.15) is 0 Å². The fourth-order valence-electron chi connectivity index (χ4n) is 4.55. The van der Waals surface area contributed by atoms with Gasteiger partial charge >= 0.3 is 0 Å². The number of aryl methyl sites for hydroxylation is 2. The Hall–Kier alpha value is -2.60. The summed E-state index contributed by atoms with van der Waals surface area (Å²) < 4.78 is 0. The molecule has 124 valence electrons. The van der Waals surface area contributed by atoms with Gasteiger partial charge in [-0.3, -0.25) is 0 Å². The molecule has 0 N–H and O–H groups in total. The van der Waals surface area contributed by atoms with Crippen molar-refractivity contribution in [2.24, 2.45) is 0 Å². The average Bonchev–Trinajstić information content (AvgIpc) is 2.61. The third-order valence-electron chi connectivity index (χ3n) is 5.52. The number of fused-ring (bicyclic) bond motifs is 2. The standard InChI is InChI=1S/C25H24/c1-17-13-15-19-9-5-7-11-21(19)23(17)25(3,4)24-18(2)14-16-20-10-6-8-12-22(20)24/h5-16H,1-4H3. The number of rotatable bonds is 2. The van der Waals surface area contributed by atoms with E-state index >= 15 is 0 Å². The Morgan fingerprint density at radius 2 is 0.920 bits per heavy atom. The quantitative estimate of drug-likeness (QED) is 0.375. The van der Waals surface area contributed by atoms with Crippen molar-refractivity contribution in [3.8, 4) is 0 Å². The monoisotopic (exact) mass is 324 g/mol. The number of hydrogen-bond donors (Lipinski definition) is 0. The lowest BCUT2D eigenvalue weighted by atomic mass is 9.71. The normalized spacial score (nSPS) is 12.0. The summed E-state index contributed by atoms with van der Waals surface area (Å²) in [5, 5.41) is 5.35. The van der Waals surface area contributed by atoms with Crippen LogP contribution in [0.4, 0.5) is 0 Å². The van der Waals surface area contributed by atoms with Crippen LogP contribution >= 0.6 is 0 Å². The van der Waals surface area contributed by atoms with E-state index in [1.54, 1.807) is 0 Å². The van der Waals surface area contributed by atoms with Gasteiger partial charge in [0, 0.05) is 5.41 Å². The summed E-state index contributed by atoms with van der Waals surface area (Å²) in [6.07, 6.45) is 0. The van der Waals surface area contributed by atoms with E-state index in [1.165, 1.54) is 43.8 Å². The molecule has 0 heteroatoms. The SMILES string of the molecule is Cc1ccc2ccccc2c1C(C)(C)c1c(C)ccc2ccccc12. The molecular weight excluding hydrogens is 300 g/mol. The van der Waals surface area contributed by atoms with Crippen LogP contribution < -0.4 is 0 Å². The smallest absolute Gasteiger partial charge is 0.0164 e. The zero-order chi connectivity index (χ0) is 17.6. The summed E-state index contributed by atoms with van der Waals surface area (Å²) in [5.41, 5.74) is 5.51. The molecule has 4 aromatic rings. The van der Waals surface area contributed by atoms with Crippen LogP contribution in [0, 0.1) is 13.8 Å². The van der Waals surface area contributed by atoms with Crippen molar-refractivity contribution in [2.45, 2.75) is 33.1 Å².